The highest BCUT2D eigenvalue weighted by molar-refractivity contribution is 6.30. The number of benzene rings is 2. The Morgan fingerprint density at radius 2 is 1.91 bits per heavy atom. The summed E-state index contributed by atoms with van der Waals surface area (Å²) >= 11 is 5.79. The van der Waals surface area contributed by atoms with E-state index in [4.69, 9.17) is 25.5 Å². The van der Waals surface area contributed by atoms with Crippen molar-refractivity contribution in [2.75, 3.05) is 6.61 Å². The van der Waals surface area contributed by atoms with Gasteiger partial charge in [-0.2, -0.15) is 0 Å². The van der Waals surface area contributed by atoms with Crippen LogP contribution in [0.4, 0.5) is 5.69 Å². The number of nitrogens with one attached hydrogen (secondary N) is 1. The average Bonchev–Trinajstić information content (AvgIpc) is 3.26. The zero-order chi connectivity index (χ0) is 23.1. The van der Waals surface area contributed by atoms with E-state index in [1.807, 2.05) is 0 Å². The molecule has 9 nitrogen and oxygen atoms in total. The number of nitrogens with zero attached hydrogens (tertiary/aromatic N) is 1. The van der Waals surface area contributed by atoms with Crippen molar-refractivity contribution in [2.45, 2.75) is 19.6 Å². The Bertz CT molecular complexity index is 1110. The molecular weight excluding hydrogens is 440 g/mol. The first-order valence-corrected chi connectivity index (χ1v) is 9.94. The number of halogens is 1. The van der Waals surface area contributed by atoms with E-state index in [1.165, 1.54) is 30.3 Å². The lowest BCUT2D eigenvalue weighted by molar-refractivity contribution is -0.385. The molecule has 1 aromatic heterocycles. The van der Waals surface area contributed by atoms with Crippen molar-refractivity contribution in [1.82, 2.24) is 5.32 Å². The number of amides is 1. The zero-order valence-corrected chi connectivity index (χ0v) is 17.7. The molecule has 0 aliphatic heterocycles. The second-order valence-corrected chi connectivity index (χ2v) is 6.93. The summed E-state index contributed by atoms with van der Waals surface area (Å²) in [5.41, 5.74) is 0.270. The van der Waals surface area contributed by atoms with Crippen molar-refractivity contribution in [3.05, 3.63) is 92.9 Å². The first-order valence-electron chi connectivity index (χ1n) is 9.57. The van der Waals surface area contributed by atoms with Crippen LogP contribution in [-0.4, -0.2) is 23.4 Å². The summed E-state index contributed by atoms with van der Waals surface area (Å²) in [7, 11) is 0. The normalized spacial score (nSPS) is 11.4. The lowest BCUT2D eigenvalue weighted by Gasteiger charge is -2.17. The van der Waals surface area contributed by atoms with E-state index in [-0.39, 0.29) is 41.2 Å². The quantitative estimate of drug-likeness (QED) is 0.285. The number of carbonyl (C=O) groups is 2. The van der Waals surface area contributed by atoms with E-state index < -0.39 is 22.8 Å². The molecule has 2 aromatic carbocycles. The van der Waals surface area contributed by atoms with Gasteiger partial charge in [0.25, 0.3) is 5.91 Å². The molecule has 10 heteroatoms. The van der Waals surface area contributed by atoms with Gasteiger partial charge in [0.05, 0.1) is 11.5 Å². The average molecular weight is 459 g/mol. The summed E-state index contributed by atoms with van der Waals surface area (Å²) in [6, 6.07) is 14.6. The molecule has 0 fully saturated rings. The van der Waals surface area contributed by atoms with Crippen LogP contribution in [0.3, 0.4) is 0 Å². The number of nitro groups is 1. The maximum Gasteiger partial charge on any atom is 0.333 e. The third-order valence-corrected chi connectivity index (χ3v) is 4.54. The summed E-state index contributed by atoms with van der Waals surface area (Å²) in [4.78, 5) is 35.5. The standard InChI is InChI=1S/C22H19ClN2O7/c1-2-30-22(27)20(14-6-4-3-5-7-14)24-21(26)19-11-9-16(32-19)13-31-18-10-8-15(23)12-17(18)25(28)29/h3-12,20H,2,13H2,1H3,(H,24,26). The first-order chi connectivity index (χ1) is 15.4. The lowest BCUT2D eigenvalue weighted by atomic mass is 10.1. The number of hydrogen-bond donors (Lipinski definition) is 1. The molecule has 32 heavy (non-hydrogen) atoms. The highest BCUT2D eigenvalue weighted by Gasteiger charge is 2.26. The van der Waals surface area contributed by atoms with Crippen LogP contribution in [0.1, 0.15) is 34.8 Å². The van der Waals surface area contributed by atoms with Gasteiger partial charge in [-0.1, -0.05) is 41.9 Å². The molecular formula is C22H19ClN2O7. The van der Waals surface area contributed by atoms with Gasteiger partial charge in [-0.05, 0) is 36.8 Å². The van der Waals surface area contributed by atoms with Crippen molar-refractivity contribution in [3.8, 4) is 5.75 Å². The minimum absolute atomic E-state index is 0.00764. The molecule has 0 radical (unpaired) electrons. The maximum atomic E-state index is 12.6. The Kier molecular flexibility index (Phi) is 7.45. The van der Waals surface area contributed by atoms with Crippen LogP contribution in [0.25, 0.3) is 0 Å². The van der Waals surface area contributed by atoms with Gasteiger partial charge < -0.3 is 19.2 Å². The molecule has 1 N–H and O–H groups in total. The minimum atomic E-state index is -1.01. The molecule has 3 aromatic rings. The number of nitro benzene ring substituents is 1. The Labute approximate surface area is 188 Å². The summed E-state index contributed by atoms with van der Waals surface area (Å²) in [5, 5.41) is 14.0. The number of hydrogen-bond acceptors (Lipinski definition) is 7. The fourth-order valence-electron chi connectivity index (χ4n) is 2.83. The van der Waals surface area contributed by atoms with Crippen molar-refractivity contribution in [2.24, 2.45) is 0 Å². The highest BCUT2D eigenvalue weighted by Crippen LogP contribution is 2.30. The highest BCUT2D eigenvalue weighted by atomic mass is 35.5. The van der Waals surface area contributed by atoms with Gasteiger partial charge in [-0.15, -0.1) is 0 Å². The van der Waals surface area contributed by atoms with Crippen LogP contribution < -0.4 is 10.1 Å². The fourth-order valence-corrected chi connectivity index (χ4v) is 3.00. The van der Waals surface area contributed by atoms with Crippen molar-refractivity contribution in [3.63, 3.8) is 0 Å². The number of carbonyl (C=O) groups excluding carboxylic acids is 2. The van der Waals surface area contributed by atoms with Gasteiger partial charge in [0, 0.05) is 11.1 Å². The van der Waals surface area contributed by atoms with Gasteiger partial charge in [0.1, 0.15) is 12.4 Å². The Morgan fingerprint density at radius 3 is 2.59 bits per heavy atom. The Balaban J connectivity index is 1.70. The Morgan fingerprint density at radius 1 is 1.16 bits per heavy atom. The van der Waals surface area contributed by atoms with Crippen LogP contribution in [-0.2, 0) is 16.1 Å². The van der Waals surface area contributed by atoms with Crippen LogP contribution in [0.2, 0.25) is 5.02 Å². The third kappa shape index (κ3) is 5.64. The van der Waals surface area contributed by atoms with E-state index in [0.717, 1.165) is 0 Å². The maximum absolute atomic E-state index is 12.6. The molecule has 0 saturated carbocycles. The summed E-state index contributed by atoms with van der Waals surface area (Å²) in [6.07, 6.45) is 0. The van der Waals surface area contributed by atoms with E-state index >= 15 is 0 Å². The van der Waals surface area contributed by atoms with Gasteiger partial charge in [-0.25, -0.2) is 4.79 Å². The largest absolute Gasteiger partial charge is 0.479 e. The van der Waals surface area contributed by atoms with E-state index in [0.29, 0.717) is 5.56 Å². The second-order valence-electron chi connectivity index (χ2n) is 6.49. The third-order valence-electron chi connectivity index (χ3n) is 4.30. The van der Waals surface area contributed by atoms with Gasteiger partial charge in [-0.3, -0.25) is 14.9 Å². The molecule has 1 heterocycles. The van der Waals surface area contributed by atoms with E-state index in [1.54, 1.807) is 37.3 Å². The number of esters is 1. The second kappa shape index (κ2) is 10.5. The predicted molar refractivity (Wildman–Crippen MR) is 114 cm³/mol. The summed E-state index contributed by atoms with van der Waals surface area (Å²) in [6.45, 7) is 1.68. The molecule has 3 rings (SSSR count). The summed E-state index contributed by atoms with van der Waals surface area (Å²) in [5.74, 6) is -1.02. The van der Waals surface area contributed by atoms with E-state index in [2.05, 4.69) is 5.32 Å². The van der Waals surface area contributed by atoms with E-state index in [9.17, 15) is 19.7 Å². The summed E-state index contributed by atoms with van der Waals surface area (Å²) < 4.78 is 16.0. The van der Waals surface area contributed by atoms with Crippen molar-refractivity contribution in [1.29, 1.82) is 0 Å². The Hall–Kier alpha value is -3.85. The first kappa shape index (κ1) is 22.8. The molecule has 0 aliphatic rings. The smallest absolute Gasteiger partial charge is 0.333 e. The van der Waals surface area contributed by atoms with Gasteiger partial charge in [0.15, 0.2) is 17.6 Å². The van der Waals surface area contributed by atoms with Crippen LogP contribution >= 0.6 is 11.6 Å². The van der Waals surface area contributed by atoms with Gasteiger partial charge >= 0.3 is 11.7 Å². The number of rotatable bonds is 9. The SMILES string of the molecule is CCOC(=O)C(NC(=O)c1ccc(COc2ccc(Cl)cc2[N+](=O)[O-])o1)c1ccccc1. The topological polar surface area (TPSA) is 121 Å². The zero-order valence-electron chi connectivity index (χ0n) is 16.9. The molecule has 0 bridgehead atoms. The predicted octanol–water partition coefficient (Wildman–Crippen LogP) is 4.45. The van der Waals surface area contributed by atoms with Crippen molar-refractivity contribution >= 4 is 29.2 Å². The molecule has 0 saturated heterocycles. The lowest BCUT2D eigenvalue weighted by Crippen LogP contribution is -2.34. The number of furan rings is 1. The number of ether oxygens (including phenoxy) is 2. The molecule has 1 unspecified atom stereocenters. The monoisotopic (exact) mass is 458 g/mol. The van der Waals surface area contributed by atoms with Crippen LogP contribution in [0, 0.1) is 10.1 Å². The fraction of sp³-hybridized carbons (Fsp3) is 0.182. The van der Waals surface area contributed by atoms with Crippen LogP contribution in [0.5, 0.6) is 5.75 Å². The molecule has 166 valence electrons. The minimum Gasteiger partial charge on any atom is -0.479 e. The molecule has 1 atom stereocenters. The molecule has 0 spiro atoms. The van der Waals surface area contributed by atoms with Crippen molar-refractivity contribution < 1.29 is 28.4 Å². The van der Waals surface area contributed by atoms with Crippen LogP contribution in [0.15, 0.2) is 65.1 Å². The van der Waals surface area contributed by atoms with Gasteiger partial charge in [0.2, 0.25) is 0 Å². The molecule has 0 aliphatic carbocycles. The molecule has 1 amide bonds.